The normalized spacial score (nSPS) is 12.5. The molecule has 0 aromatic heterocycles. The number of aliphatic hydroxyl groups is 1. The van der Waals surface area contributed by atoms with Crippen molar-refractivity contribution in [2.24, 2.45) is 0 Å². The number of carbonyl (C=O) groups is 1. The molecular weight excluding hydrogens is 198 g/mol. The first kappa shape index (κ1) is 14.3. The molecule has 0 aliphatic heterocycles. The van der Waals surface area contributed by atoms with Crippen molar-refractivity contribution >= 4 is 5.91 Å². The van der Waals surface area contributed by atoms with E-state index < -0.39 is 0 Å². The van der Waals surface area contributed by atoms with Gasteiger partial charge in [-0.3, -0.25) is 4.79 Å². The first-order chi connectivity index (χ1) is 7.07. The van der Waals surface area contributed by atoms with E-state index >= 15 is 0 Å². The molecule has 1 N–H and O–H groups in total. The van der Waals surface area contributed by atoms with Gasteiger partial charge in [-0.2, -0.15) is 0 Å². The molecule has 5 heteroatoms. The molecular formula is C10H21NO4. The Morgan fingerprint density at radius 3 is 2.67 bits per heavy atom. The minimum absolute atomic E-state index is 0.0691. The van der Waals surface area contributed by atoms with Crippen molar-refractivity contribution in [1.82, 2.24) is 4.90 Å². The van der Waals surface area contributed by atoms with Gasteiger partial charge in [0.05, 0.1) is 19.3 Å². The topological polar surface area (TPSA) is 59.0 Å². The summed E-state index contributed by atoms with van der Waals surface area (Å²) in [5.41, 5.74) is 0. The van der Waals surface area contributed by atoms with Gasteiger partial charge in [0.25, 0.3) is 0 Å². The van der Waals surface area contributed by atoms with Crippen LogP contribution >= 0.6 is 0 Å². The van der Waals surface area contributed by atoms with E-state index in [9.17, 15) is 4.79 Å². The zero-order valence-electron chi connectivity index (χ0n) is 9.73. The summed E-state index contributed by atoms with van der Waals surface area (Å²) in [7, 11) is 3.28. The molecule has 0 rings (SSSR count). The molecule has 1 amide bonds. The average molecular weight is 219 g/mol. The van der Waals surface area contributed by atoms with Crippen LogP contribution in [0.25, 0.3) is 0 Å². The molecule has 5 nitrogen and oxygen atoms in total. The van der Waals surface area contributed by atoms with Gasteiger partial charge in [-0.15, -0.1) is 0 Å². The van der Waals surface area contributed by atoms with Crippen molar-refractivity contribution in [3.05, 3.63) is 0 Å². The lowest BCUT2D eigenvalue weighted by atomic mass is 10.3. The number of rotatable bonds is 8. The SMILES string of the molecule is COCCOCC(=O)N(C)CCC(C)O. The smallest absolute Gasteiger partial charge is 0.248 e. The van der Waals surface area contributed by atoms with Gasteiger partial charge in [0.1, 0.15) is 6.61 Å². The van der Waals surface area contributed by atoms with Crippen LogP contribution in [0.1, 0.15) is 13.3 Å². The summed E-state index contributed by atoms with van der Waals surface area (Å²) in [5, 5.41) is 9.04. The number of ether oxygens (including phenoxy) is 2. The van der Waals surface area contributed by atoms with E-state index in [0.29, 0.717) is 26.2 Å². The third-order valence-electron chi connectivity index (χ3n) is 1.97. The summed E-state index contributed by atoms with van der Waals surface area (Å²) < 4.78 is 9.87. The molecule has 0 aliphatic carbocycles. The lowest BCUT2D eigenvalue weighted by Crippen LogP contribution is -2.32. The zero-order chi connectivity index (χ0) is 11.7. The fourth-order valence-electron chi connectivity index (χ4n) is 0.917. The van der Waals surface area contributed by atoms with E-state index in [1.165, 1.54) is 0 Å². The van der Waals surface area contributed by atoms with Gasteiger partial charge in [0.15, 0.2) is 0 Å². The fraction of sp³-hybridized carbons (Fsp3) is 0.900. The molecule has 0 saturated heterocycles. The predicted octanol–water partition coefficient (Wildman–Crippen LogP) is -0.121. The predicted molar refractivity (Wildman–Crippen MR) is 56.6 cm³/mol. The van der Waals surface area contributed by atoms with Gasteiger partial charge >= 0.3 is 0 Å². The lowest BCUT2D eigenvalue weighted by molar-refractivity contribution is -0.135. The summed E-state index contributed by atoms with van der Waals surface area (Å²) in [6.45, 7) is 3.23. The van der Waals surface area contributed by atoms with Crippen molar-refractivity contribution in [3.63, 3.8) is 0 Å². The van der Waals surface area contributed by atoms with Gasteiger partial charge in [0, 0.05) is 20.7 Å². The maximum atomic E-state index is 11.4. The van der Waals surface area contributed by atoms with Crippen LogP contribution in [-0.4, -0.2) is 62.5 Å². The molecule has 1 unspecified atom stereocenters. The molecule has 0 radical (unpaired) electrons. The van der Waals surface area contributed by atoms with Crippen LogP contribution in [-0.2, 0) is 14.3 Å². The summed E-state index contributed by atoms with van der Waals surface area (Å²) in [5.74, 6) is -0.0771. The molecule has 0 aromatic rings. The Bertz CT molecular complexity index is 173. The number of aliphatic hydroxyl groups excluding tert-OH is 1. The van der Waals surface area contributed by atoms with E-state index in [4.69, 9.17) is 14.6 Å². The van der Waals surface area contributed by atoms with E-state index in [0.717, 1.165) is 0 Å². The van der Waals surface area contributed by atoms with Crippen molar-refractivity contribution in [1.29, 1.82) is 0 Å². The average Bonchev–Trinajstić information content (AvgIpc) is 2.20. The Kier molecular flexibility index (Phi) is 8.27. The summed E-state index contributed by atoms with van der Waals surface area (Å²) in [4.78, 5) is 13.0. The molecule has 0 bridgehead atoms. The number of hydrogen-bond donors (Lipinski definition) is 1. The maximum absolute atomic E-state index is 11.4. The second kappa shape index (κ2) is 8.64. The zero-order valence-corrected chi connectivity index (χ0v) is 9.73. The number of carbonyl (C=O) groups excluding carboxylic acids is 1. The lowest BCUT2D eigenvalue weighted by Gasteiger charge is -2.17. The Morgan fingerprint density at radius 2 is 2.13 bits per heavy atom. The van der Waals surface area contributed by atoms with Crippen molar-refractivity contribution in [2.75, 3.05) is 40.5 Å². The first-order valence-corrected chi connectivity index (χ1v) is 5.06. The van der Waals surface area contributed by atoms with Gasteiger partial charge < -0.3 is 19.5 Å². The summed E-state index contributed by atoms with van der Waals surface area (Å²) >= 11 is 0. The van der Waals surface area contributed by atoms with Crippen molar-refractivity contribution < 1.29 is 19.4 Å². The molecule has 0 heterocycles. The van der Waals surface area contributed by atoms with Crippen LogP contribution in [0.2, 0.25) is 0 Å². The monoisotopic (exact) mass is 219 g/mol. The fourth-order valence-corrected chi connectivity index (χ4v) is 0.917. The Morgan fingerprint density at radius 1 is 1.47 bits per heavy atom. The van der Waals surface area contributed by atoms with Gasteiger partial charge in [0.2, 0.25) is 5.91 Å². The number of likely N-dealkylation sites (N-methyl/N-ethyl adjacent to an activating group) is 1. The van der Waals surface area contributed by atoms with Crippen molar-refractivity contribution in [3.8, 4) is 0 Å². The second-order valence-corrected chi connectivity index (χ2v) is 3.50. The van der Waals surface area contributed by atoms with Gasteiger partial charge in [-0.05, 0) is 13.3 Å². The maximum Gasteiger partial charge on any atom is 0.248 e. The first-order valence-electron chi connectivity index (χ1n) is 5.06. The van der Waals surface area contributed by atoms with Crippen molar-refractivity contribution in [2.45, 2.75) is 19.4 Å². The van der Waals surface area contributed by atoms with Crippen LogP contribution in [0.4, 0.5) is 0 Å². The number of amides is 1. The Hall–Kier alpha value is -0.650. The largest absolute Gasteiger partial charge is 0.393 e. The third-order valence-corrected chi connectivity index (χ3v) is 1.97. The highest BCUT2D eigenvalue weighted by Gasteiger charge is 2.09. The van der Waals surface area contributed by atoms with Gasteiger partial charge in [-0.25, -0.2) is 0 Å². The second-order valence-electron chi connectivity index (χ2n) is 3.50. The number of methoxy groups -OCH3 is 1. The van der Waals surface area contributed by atoms with Gasteiger partial charge in [-0.1, -0.05) is 0 Å². The molecule has 15 heavy (non-hydrogen) atoms. The number of nitrogens with zero attached hydrogens (tertiary/aromatic N) is 1. The van der Waals surface area contributed by atoms with Crippen LogP contribution < -0.4 is 0 Å². The highest BCUT2D eigenvalue weighted by atomic mass is 16.5. The minimum Gasteiger partial charge on any atom is -0.393 e. The van der Waals surface area contributed by atoms with Crippen LogP contribution in [0.3, 0.4) is 0 Å². The highest BCUT2D eigenvalue weighted by Crippen LogP contribution is 1.94. The molecule has 90 valence electrons. The molecule has 1 atom stereocenters. The number of hydrogen-bond acceptors (Lipinski definition) is 4. The van der Waals surface area contributed by atoms with Crippen LogP contribution in [0, 0.1) is 0 Å². The van der Waals surface area contributed by atoms with Crippen LogP contribution in [0.5, 0.6) is 0 Å². The standard InChI is InChI=1S/C10H21NO4/c1-9(12)4-5-11(2)10(13)8-15-7-6-14-3/h9,12H,4-8H2,1-3H3. The molecule has 0 spiro atoms. The van der Waals surface area contributed by atoms with E-state index in [1.54, 1.807) is 26.0 Å². The van der Waals surface area contributed by atoms with E-state index in [-0.39, 0.29) is 18.6 Å². The summed E-state index contributed by atoms with van der Waals surface area (Å²) in [6.07, 6.45) is 0.204. The Labute approximate surface area is 91.0 Å². The van der Waals surface area contributed by atoms with E-state index in [1.807, 2.05) is 0 Å². The third kappa shape index (κ3) is 8.35. The highest BCUT2D eigenvalue weighted by molar-refractivity contribution is 5.77. The quantitative estimate of drug-likeness (QED) is 0.578. The molecule has 0 aromatic carbocycles. The summed E-state index contributed by atoms with van der Waals surface area (Å²) in [6, 6.07) is 0. The molecule has 0 aliphatic rings. The minimum atomic E-state index is -0.380. The van der Waals surface area contributed by atoms with Crippen LogP contribution in [0.15, 0.2) is 0 Å². The Balaban J connectivity index is 3.51. The van der Waals surface area contributed by atoms with E-state index in [2.05, 4.69) is 0 Å². The molecule has 0 fully saturated rings. The molecule has 0 saturated carbocycles.